The van der Waals surface area contributed by atoms with Crippen molar-refractivity contribution in [3.8, 4) is 11.8 Å². The number of aromatic nitrogens is 1. The van der Waals surface area contributed by atoms with Gasteiger partial charge in [0.15, 0.2) is 10.9 Å². The van der Waals surface area contributed by atoms with E-state index in [1.807, 2.05) is 0 Å². The van der Waals surface area contributed by atoms with Gasteiger partial charge in [0.05, 0.1) is 5.75 Å². The van der Waals surface area contributed by atoms with E-state index in [2.05, 4.69) is 16.8 Å². The maximum Gasteiger partial charge on any atom is 0.186 e. The minimum atomic E-state index is -0.0633. The van der Waals surface area contributed by atoms with Crippen LogP contribution in [0.2, 0.25) is 0 Å². The molecule has 0 aliphatic carbocycles. The molecule has 0 spiro atoms. The van der Waals surface area contributed by atoms with E-state index in [-0.39, 0.29) is 10.9 Å². The summed E-state index contributed by atoms with van der Waals surface area (Å²) in [5.74, 6) is 6.13. The fraction of sp³-hybridized carbons (Fsp3) is 0.250. The van der Waals surface area contributed by atoms with Crippen molar-refractivity contribution < 1.29 is 9.59 Å². The zero-order valence-corrected chi connectivity index (χ0v) is 9.93. The summed E-state index contributed by atoms with van der Waals surface area (Å²) in [7, 11) is 0. The highest BCUT2D eigenvalue weighted by molar-refractivity contribution is 8.13. The van der Waals surface area contributed by atoms with Gasteiger partial charge in [-0.25, -0.2) is 0 Å². The average Bonchev–Trinajstić information content (AvgIpc) is 2.25. The van der Waals surface area contributed by atoms with Crippen molar-refractivity contribution in [2.24, 2.45) is 0 Å². The number of rotatable bonds is 2. The molecule has 0 bridgehead atoms. The highest BCUT2D eigenvalue weighted by atomic mass is 32.2. The third kappa shape index (κ3) is 4.28. The monoisotopic (exact) mass is 233 g/mol. The summed E-state index contributed by atoms with van der Waals surface area (Å²) in [5.41, 5.74) is 1.18. The van der Waals surface area contributed by atoms with Crippen molar-refractivity contribution in [1.82, 2.24) is 4.98 Å². The molecule has 0 saturated heterocycles. The van der Waals surface area contributed by atoms with Crippen molar-refractivity contribution in [1.29, 1.82) is 0 Å². The van der Waals surface area contributed by atoms with Gasteiger partial charge in [-0.2, -0.15) is 0 Å². The largest absolute Gasteiger partial charge is 0.293 e. The van der Waals surface area contributed by atoms with Crippen LogP contribution in [0.5, 0.6) is 0 Å². The summed E-state index contributed by atoms with van der Waals surface area (Å²) in [6.07, 6.45) is 1.56. The lowest BCUT2D eigenvalue weighted by Crippen LogP contribution is -1.95. The molecule has 0 unspecified atom stereocenters. The lowest BCUT2D eigenvalue weighted by molar-refractivity contribution is -0.109. The van der Waals surface area contributed by atoms with Crippen LogP contribution in [0.4, 0.5) is 0 Å². The first-order chi connectivity index (χ1) is 7.59. The second-order valence-corrected chi connectivity index (χ2v) is 4.22. The first-order valence-corrected chi connectivity index (χ1v) is 5.67. The predicted octanol–water partition coefficient (Wildman–Crippen LogP) is 1.92. The van der Waals surface area contributed by atoms with Crippen molar-refractivity contribution in [3.63, 3.8) is 0 Å². The fourth-order valence-corrected chi connectivity index (χ4v) is 1.30. The highest BCUT2D eigenvalue weighted by Gasteiger charge is 1.98. The summed E-state index contributed by atoms with van der Waals surface area (Å²) in [6, 6.07) is 3.39. The number of hydrogen-bond acceptors (Lipinski definition) is 4. The number of nitrogens with zero attached hydrogens (tertiary/aromatic N) is 1. The van der Waals surface area contributed by atoms with Crippen molar-refractivity contribution in [2.45, 2.75) is 13.8 Å². The number of hydrogen-bond donors (Lipinski definition) is 0. The van der Waals surface area contributed by atoms with E-state index in [0.717, 1.165) is 5.56 Å². The van der Waals surface area contributed by atoms with Gasteiger partial charge in [0, 0.05) is 25.6 Å². The maximum atomic E-state index is 11.0. The molecule has 0 atom stereocenters. The van der Waals surface area contributed by atoms with Gasteiger partial charge in [0.2, 0.25) is 0 Å². The van der Waals surface area contributed by atoms with Gasteiger partial charge in [-0.1, -0.05) is 23.6 Å². The van der Waals surface area contributed by atoms with Crippen LogP contribution in [0.15, 0.2) is 18.3 Å². The minimum Gasteiger partial charge on any atom is -0.293 e. The molecule has 0 saturated carbocycles. The SMILES string of the molecule is CC(=O)SCC#Cc1ccc(C(C)=O)nc1. The van der Waals surface area contributed by atoms with Crippen LogP contribution in [0.3, 0.4) is 0 Å². The Balaban J connectivity index is 2.61. The number of thioether (sulfide) groups is 1. The Labute approximate surface area is 98.7 Å². The van der Waals surface area contributed by atoms with Crippen LogP contribution in [-0.4, -0.2) is 21.6 Å². The quantitative estimate of drug-likeness (QED) is 0.578. The molecule has 0 N–H and O–H groups in total. The molecule has 1 aromatic rings. The summed E-state index contributed by atoms with van der Waals surface area (Å²) in [5, 5.41) is 0.0550. The first kappa shape index (κ1) is 12.5. The zero-order valence-electron chi connectivity index (χ0n) is 9.11. The maximum absolute atomic E-state index is 11.0. The summed E-state index contributed by atoms with van der Waals surface area (Å²) in [4.78, 5) is 25.5. The first-order valence-electron chi connectivity index (χ1n) is 4.69. The lowest BCUT2D eigenvalue weighted by atomic mass is 10.2. The number of carbonyl (C=O) groups is 2. The Bertz CT molecular complexity index is 454. The van der Waals surface area contributed by atoms with Crippen LogP contribution in [-0.2, 0) is 4.79 Å². The van der Waals surface area contributed by atoms with Gasteiger partial charge in [0.25, 0.3) is 0 Å². The summed E-state index contributed by atoms with van der Waals surface area (Å²) < 4.78 is 0. The molecule has 1 heterocycles. The van der Waals surface area contributed by atoms with Crippen LogP contribution in [0.1, 0.15) is 29.9 Å². The Kier molecular flexibility index (Phi) is 4.74. The van der Waals surface area contributed by atoms with E-state index in [1.54, 1.807) is 18.3 Å². The Morgan fingerprint density at radius 2 is 2.12 bits per heavy atom. The summed E-state index contributed by atoms with van der Waals surface area (Å²) >= 11 is 1.17. The Morgan fingerprint density at radius 1 is 1.38 bits per heavy atom. The van der Waals surface area contributed by atoms with E-state index < -0.39 is 0 Å². The smallest absolute Gasteiger partial charge is 0.186 e. The normalized spacial score (nSPS) is 9.12. The Hall–Kier alpha value is -1.60. The molecule has 0 aliphatic heterocycles. The third-order valence-electron chi connectivity index (χ3n) is 1.70. The molecule has 1 rings (SSSR count). The van der Waals surface area contributed by atoms with E-state index in [1.165, 1.54) is 25.6 Å². The summed E-state index contributed by atoms with van der Waals surface area (Å²) in [6.45, 7) is 2.98. The predicted molar refractivity (Wildman–Crippen MR) is 64.3 cm³/mol. The molecule has 1 aromatic heterocycles. The molecule has 4 heteroatoms. The van der Waals surface area contributed by atoms with Crippen molar-refractivity contribution in [2.75, 3.05) is 5.75 Å². The van der Waals surface area contributed by atoms with Gasteiger partial charge in [-0.05, 0) is 12.1 Å². The third-order valence-corrected chi connectivity index (χ3v) is 2.40. The second kappa shape index (κ2) is 6.09. The molecular formula is C12H11NO2S. The fourth-order valence-electron chi connectivity index (χ4n) is 0.952. The molecule has 0 aliphatic rings. The molecular weight excluding hydrogens is 222 g/mol. The molecule has 0 radical (unpaired) electrons. The van der Waals surface area contributed by atoms with Crippen LogP contribution in [0, 0.1) is 11.8 Å². The van der Waals surface area contributed by atoms with E-state index >= 15 is 0 Å². The Morgan fingerprint density at radius 3 is 2.62 bits per heavy atom. The van der Waals surface area contributed by atoms with Gasteiger partial charge in [-0.3, -0.25) is 14.6 Å². The molecule has 0 aromatic carbocycles. The van der Waals surface area contributed by atoms with Gasteiger partial charge < -0.3 is 0 Å². The topological polar surface area (TPSA) is 47.0 Å². The van der Waals surface area contributed by atoms with Crippen molar-refractivity contribution in [3.05, 3.63) is 29.6 Å². The lowest BCUT2D eigenvalue weighted by Gasteiger charge is -1.93. The van der Waals surface area contributed by atoms with Crippen LogP contribution in [0.25, 0.3) is 0 Å². The molecule has 82 valence electrons. The van der Waals surface area contributed by atoms with E-state index in [0.29, 0.717) is 11.4 Å². The van der Waals surface area contributed by atoms with Crippen molar-refractivity contribution >= 4 is 22.7 Å². The standard InChI is InChI=1S/C12H11NO2S/c1-9(14)12-6-5-11(8-13-12)4-3-7-16-10(2)15/h5-6,8H,7H2,1-2H3. The molecule has 0 amide bonds. The van der Waals surface area contributed by atoms with Gasteiger partial charge >= 0.3 is 0 Å². The van der Waals surface area contributed by atoms with Crippen LogP contribution < -0.4 is 0 Å². The van der Waals surface area contributed by atoms with Gasteiger partial charge in [-0.15, -0.1) is 0 Å². The van der Waals surface area contributed by atoms with E-state index in [4.69, 9.17) is 0 Å². The average molecular weight is 233 g/mol. The van der Waals surface area contributed by atoms with Gasteiger partial charge in [0.1, 0.15) is 5.69 Å². The highest BCUT2D eigenvalue weighted by Crippen LogP contribution is 2.01. The van der Waals surface area contributed by atoms with E-state index in [9.17, 15) is 9.59 Å². The number of Topliss-reactive ketones (excluding diaryl/α,β-unsaturated/α-hetero) is 1. The number of carbonyl (C=O) groups excluding carboxylic acids is 2. The molecule has 16 heavy (non-hydrogen) atoms. The number of pyridine rings is 1. The van der Waals surface area contributed by atoms with Crippen LogP contribution >= 0.6 is 11.8 Å². The number of ketones is 1. The molecule has 0 fully saturated rings. The zero-order chi connectivity index (χ0) is 12.0. The molecule has 3 nitrogen and oxygen atoms in total. The minimum absolute atomic E-state index is 0.0550. The second-order valence-electron chi connectivity index (χ2n) is 3.07.